The fraction of sp³-hybridized carbons (Fsp3) is 0.917. The summed E-state index contributed by atoms with van der Waals surface area (Å²) in [5, 5.41) is 6.41. The van der Waals surface area contributed by atoms with Gasteiger partial charge in [0.25, 0.3) is 0 Å². The van der Waals surface area contributed by atoms with E-state index < -0.39 is 0 Å². The molecule has 0 aromatic rings. The van der Waals surface area contributed by atoms with Crippen LogP contribution in [0.3, 0.4) is 0 Å². The van der Waals surface area contributed by atoms with Gasteiger partial charge in [0.1, 0.15) is 0 Å². The van der Waals surface area contributed by atoms with Crippen LogP contribution in [0, 0.1) is 5.92 Å². The Morgan fingerprint density at radius 1 is 1.62 bits per heavy atom. The first-order valence-corrected chi connectivity index (χ1v) is 6.21. The van der Waals surface area contributed by atoms with Gasteiger partial charge in [0.15, 0.2) is 0 Å². The molecule has 1 aliphatic rings. The quantitative estimate of drug-likeness (QED) is 0.735. The lowest BCUT2D eigenvalue weighted by molar-refractivity contribution is -0.127. The van der Waals surface area contributed by atoms with Gasteiger partial charge in [-0.2, -0.15) is 0 Å². The Kier molecular flexibility index (Phi) is 5.77. The van der Waals surface area contributed by atoms with E-state index in [-0.39, 0.29) is 23.9 Å². The third-order valence-electron chi connectivity index (χ3n) is 3.31. The molecule has 0 aromatic heterocycles. The van der Waals surface area contributed by atoms with Gasteiger partial charge in [0.2, 0.25) is 5.91 Å². The lowest BCUT2D eigenvalue weighted by atomic mass is 9.91. The van der Waals surface area contributed by atoms with E-state index in [2.05, 4.69) is 24.5 Å². The first-order chi connectivity index (χ1) is 7.69. The second-order valence-electron chi connectivity index (χ2n) is 4.56. The van der Waals surface area contributed by atoms with E-state index in [1.54, 1.807) is 7.11 Å². The third-order valence-corrected chi connectivity index (χ3v) is 3.31. The number of hydrogen-bond acceptors (Lipinski definition) is 3. The molecule has 4 nitrogen and oxygen atoms in total. The summed E-state index contributed by atoms with van der Waals surface area (Å²) < 4.78 is 5.08. The number of carbonyl (C=O) groups is 1. The van der Waals surface area contributed by atoms with Crippen LogP contribution in [0.15, 0.2) is 0 Å². The molecule has 16 heavy (non-hydrogen) atoms. The smallest absolute Gasteiger partial charge is 0.224 e. The van der Waals surface area contributed by atoms with Crippen molar-refractivity contribution in [1.82, 2.24) is 10.6 Å². The second-order valence-corrected chi connectivity index (χ2v) is 4.56. The van der Waals surface area contributed by atoms with E-state index in [0.717, 1.165) is 25.8 Å². The number of ether oxygens (including phenoxy) is 1. The SMILES string of the molecule is CCC(COC)NC(=O)C1CCCNC1C. The molecule has 94 valence electrons. The van der Waals surface area contributed by atoms with Crippen LogP contribution in [-0.4, -0.2) is 38.3 Å². The minimum atomic E-state index is 0.111. The first-order valence-electron chi connectivity index (χ1n) is 6.21. The van der Waals surface area contributed by atoms with Gasteiger partial charge in [0, 0.05) is 13.2 Å². The van der Waals surface area contributed by atoms with Crippen LogP contribution in [-0.2, 0) is 9.53 Å². The van der Waals surface area contributed by atoms with E-state index >= 15 is 0 Å². The standard InChI is InChI=1S/C12H24N2O2/c1-4-10(8-16-3)14-12(15)11-6-5-7-13-9(11)2/h9-11,13H,4-8H2,1-3H3,(H,14,15). The maximum Gasteiger partial charge on any atom is 0.224 e. The maximum absolute atomic E-state index is 12.0. The first kappa shape index (κ1) is 13.5. The van der Waals surface area contributed by atoms with E-state index in [0.29, 0.717) is 6.61 Å². The number of carbonyl (C=O) groups excluding carboxylic acids is 1. The van der Waals surface area contributed by atoms with Crippen molar-refractivity contribution in [1.29, 1.82) is 0 Å². The zero-order valence-corrected chi connectivity index (χ0v) is 10.6. The normalized spacial score (nSPS) is 27.4. The highest BCUT2D eigenvalue weighted by atomic mass is 16.5. The molecule has 0 saturated carbocycles. The molecule has 1 saturated heterocycles. The molecule has 1 aliphatic heterocycles. The number of rotatable bonds is 5. The van der Waals surface area contributed by atoms with Crippen LogP contribution >= 0.6 is 0 Å². The molecule has 2 N–H and O–H groups in total. The van der Waals surface area contributed by atoms with Gasteiger partial charge in [-0.3, -0.25) is 4.79 Å². The number of piperidine rings is 1. The Bertz CT molecular complexity index is 221. The van der Waals surface area contributed by atoms with Crippen molar-refractivity contribution in [3.05, 3.63) is 0 Å². The molecule has 1 heterocycles. The highest BCUT2D eigenvalue weighted by Crippen LogP contribution is 2.16. The van der Waals surface area contributed by atoms with Gasteiger partial charge in [0.05, 0.1) is 18.6 Å². The summed E-state index contributed by atoms with van der Waals surface area (Å²) >= 11 is 0. The van der Waals surface area contributed by atoms with Crippen LogP contribution in [0.5, 0.6) is 0 Å². The molecule has 3 unspecified atom stereocenters. The fourth-order valence-corrected chi connectivity index (χ4v) is 2.17. The fourth-order valence-electron chi connectivity index (χ4n) is 2.17. The summed E-state index contributed by atoms with van der Waals surface area (Å²) in [6.07, 6.45) is 2.99. The Labute approximate surface area is 98.1 Å². The predicted molar refractivity (Wildman–Crippen MR) is 64.3 cm³/mol. The van der Waals surface area contributed by atoms with E-state index in [4.69, 9.17) is 4.74 Å². The van der Waals surface area contributed by atoms with Gasteiger partial charge < -0.3 is 15.4 Å². The Hall–Kier alpha value is -0.610. The molecular formula is C12H24N2O2. The van der Waals surface area contributed by atoms with Crippen molar-refractivity contribution in [2.75, 3.05) is 20.3 Å². The van der Waals surface area contributed by atoms with Crippen molar-refractivity contribution in [3.8, 4) is 0 Å². The highest BCUT2D eigenvalue weighted by molar-refractivity contribution is 5.79. The van der Waals surface area contributed by atoms with Gasteiger partial charge in [-0.1, -0.05) is 6.92 Å². The topological polar surface area (TPSA) is 50.4 Å². The molecular weight excluding hydrogens is 204 g/mol. The predicted octanol–water partition coefficient (Wildman–Crippen LogP) is 0.916. The number of nitrogens with one attached hydrogen (secondary N) is 2. The molecule has 0 spiro atoms. The molecule has 1 amide bonds. The summed E-state index contributed by atoms with van der Waals surface area (Å²) in [6.45, 7) is 5.77. The number of hydrogen-bond donors (Lipinski definition) is 2. The molecule has 0 radical (unpaired) electrons. The monoisotopic (exact) mass is 228 g/mol. The Balaban J connectivity index is 2.42. The van der Waals surface area contributed by atoms with Crippen molar-refractivity contribution in [2.24, 2.45) is 5.92 Å². The molecule has 0 aliphatic carbocycles. The summed E-state index contributed by atoms with van der Waals surface area (Å²) in [5.74, 6) is 0.281. The molecule has 3 atom stereocenters. The maximum atomic E-state index is 12.0. The minimum absolute atomic E-state index is 0.111. The number of methoxy groups -OCH3 is 1. The average Bonchev–Trinajstić information content (AvgIpc) is 2.28. The van der Waals surface area contributed by atoms with Gasteiger partial charge in [-0.15, -0.1) is 0 Å². The van der Waals surface area contributed by atoms with Crippen LogP contribution in [0.4, 0.5) is 0 Å². The Morgan fingerprint density at radius 2 is 2.38 bits per heavy atom. The molecule has 1 rings (SSSR count). The largest absolute Gasteiger partial charge is 0.383 e. The summed E-state index contributed by atoms with van der Waals surface area (Å²) in [5.41, 5.74) is 0. The number of amides is 1. The lowest BCUT2D eigenvalue weighted by Gasteiger charge is -2.30. The van der Waals surface area contributed by atoms with Crippen molar-refractivity contribution in [2.45, 2.75) is 45.2 Å². The van der Waals surface area contributed by atoms with E-state index in [9.17, 15) is 4.79 Å². The molecule has 0 bridgehead atoms. The van der Waals surface area contributed by atoms with Crippen molar-refractivity contribution >= 4 is 5.91 Å². The van der Waals surface area contributed by atoms with E-state index in [1.165, 1.54) is 0 Å². The van der Waals surface area contributed by atoms with Crippen LogP contribution < -0.4 is 10.6 Å². The van der Waals surface area contributed by atoms with Gasteiger partial charge in [-0.05, 0) is 32.7 Å². The third kappa shape index (κ3) is 3.76. The lowest BCUT2D eigenvalue weighted by Crippen LogP contribution is -2.49. The van der Waals surface area contributed by atoms with Crippen LogP contribution in [0.1, 0.15) is 33.1 Å². The second kappa shape index (κ2) is 6.86. The highest BCUT2D eigenvalue weighted by Gasteiger charge is 2.28. The van der Waals surface area contributed by atoms with Crippen LogP contribution in [0.25, 0.3) is 0 Å². The zero-order chi connectivity index (χ0) is 12.0. The summed E-state index contributed by atoms with van der Waals surface area (Å²) in [4.78, 5) is 12.0. The van der Waals surface area contributed by atoms with Crippen molar-refractivity contribution < 1.29 is 9.53 Å². The molecule has 1 fully saturated rings. The van der Waals surface area contributed by atoms with Gasteiger partial charge in [-0.25, -0.2) is 0 Å². The van der Waals surface area contributed by atoms with E-state index in [1.807, 2.05) is 0 Å². The van der Waals surface area contributed by atoms with Crippen molar-refractivity contribution in [3.63, 3.8) is 0 Å². The van der Waals surface area contributed by atoms with Gasteiger partial charge >= 0.3 is 0 Å². The molecule has 4 heteroatoms. The minimum Gasteiger partial charge on any atom is -0.383 e. The summed E-state index contributed by atoms with van der Waals surface area (Å²) in [7, 11) is 1.67. The zero-order valence-electron chi connectivity index (χ0n) is 10.6. The molecule has 0 aromatic carbocycles. The van der Waals surface area contributed by atoms with Crippen LogP contribution in [0.2, 0.25) is 0 Å². The Morgan fingerprint density at radius 3 is 2.94 bits per heavy atom. The summed E-state index contributed by atoms with van der Waals surface area (Å²) in [6, 6.07) is 0.431. The average molecular weight is 228 g/mol.